The van der Waals surface area contributed by atoms with Gasteiger partial charge in [-0.25, -0.2) is 0 Å². The molecule has 0 unspecified atom stereocenters. The van der Waals surface area contributed by atoms with Gasteiger partial charge in [-0.15, -0.1) is 0 Å². The molecule has 12 atom stereocenters. The predicted molar refractivity (Wildman–Crippen MR) is 127 cm³/mol. The maximum absolute atomic E-state index is 12.5. The fourth-order valence-corrected chi connectivity index (χ4v) is 7.46. The number of carboxylic acids is 1. The summed E-state index contributed by atoms with van der Waals surface area (Å²) in [5.74, 6) is -2.67. The number of aromatic nitrogens is 1. The lowest BCUT2D eigenvalue weighted by Gasteiger charge is -2.54. The molecule has 5 fully saturated rings. The summed E-state index contributed by atoms with van der Waals surface area (Å²) < 4.78 is 23.7. The van der Waals surface area contributed by atoms with E-state index in [1.54, 1.807) is 0 Å². The molecular weight excluding hydrogens is 500 g/mol. The summed E-state index contributed by atoms with van der Waals surface area (Å²) in [6.45, 7) is 0.433. The molecule has 0 aliphatic carbocycles. The molecule has 0 saturated carbocycles. The number of aromatic amines is 1. The van der Waals surface area contributed by atoms with Gasteiger partial charge in [-0.3, -0.25) is 9.69 Å². The van der Waals surface area contributed by atoms with Crippen LogP contribution in [0.1, 0.15) is 23.7 Å². The van der Waals surface area contributed by atoms with Crippen LogP contribution in [0.15, 0.2) is 24.3 Å². The highest BCUT2D eigenvalue weighted by Gasteiger charge is 2.61. The minimum absolute atomic E-state index is 0.0207. The fourth-order valence-electron chi connectivity index (χ4n) is 7.46. The largest absolute Gasteiger partial charge is 0.481 e. The number of aliphatic hydroxyl groups excluding tert-OH is 4. The Balaban J connectivity index is 1.23. The first-order valence-electron chi connectivity index (χ1n) is 13.2. The number of hydrogen-bond donors (Lipinski definition) is 6. The van der Waals surface area contributed by atoms with Crippen LogP contribution < -0.4 is 0 Å². The van der Waals surface area contributed by atoms with Crippen LogP contribution in [0.4, 0.5) is 0 Å². The zero-order valence-electron chi connectivity index (χ0n) is 20.5. The van der Waals surface area contributed by atoms with Crippen LogP contribution in [0.2, 0.25) is 0 Å². The van der Waals surface area contributed by atoms with Gasteiger partial charge < -0.3 is 49.5 Å². The maximum Gasteiger partial charge on any atom is 0.311 e. The summed E-state index contributed by atoms with van der Waals surface area (Å²) in [6, 6.07) is 7.94. The third-order valence-electron chi connectivity index (χ3n) is 9.23. The number of aliphatic carboxylic acids is 1. The molecule has 12 nitrogen and oxygen atoms in total. The number of ether oxygens (including phenoxy) is 4. The van der Waals surface area contributed by atoms with Crippen LogP contribution >= 0.6 is 0 Å². The Morgan fingerprint density at radius 2 is 1.92 bits per heavy atom. The molecule has 6 aliphatic heterocycles. The molecule has 0 radical (unpaired) electrons. The first kappa shape index (κ1) is 24.9. The molecule has 7 heterocycles. The Kier molecular flexibility index (Phi) is 6.04. The minimum Gasteiger partial charge on any atom is -0.481 e. The van der Waals surface area contributed by atoms with Crippen molar-refractivity contribution in [1.82, 2.24) is 9.88 Å². The number of aliphatic hydroxyl groups is 4. The average molecular weight is 533 g/mol. The molecule has 12 heteroatoms. The van der Waals surface area contributed by atoms with Gasteiger partial charge in [-0.05, 0) is 30.4 Å². The van der Waals surface area contributed by atoms with Crippen LogP contribution in [0.3, 0.4) is 0 Å². The van der Waals surface area contributed by atoms with Crippen molar-refractivity contribution < 1.29 is 49.3 Å². The average Bonchev–Trinajstić information content (AvgIpc) is 3.14. The summed E-state index contributed by atoms with van der Waals surface area (Å²) in [4.78, 5) is 18.4. The quantitative estimate of drug-likeness (QED) is 0.294. The van der Waals surface area contributed by atoms with Gasteiger partial charge in [0, 0.05) is 35.1 Å². The van der Waals surface area contributed by atoms with Crippen LogP contribution in [-0.2, 0) is 30.2 Å². The number of piperidine rings is 1. The highest BCUT2D eigenvalue weighted by atomic mass is 16.8. The predicted octanol–water partition coefficient (Wildman–Crippen LogP) is -0.698. The van der Waals surface area contributed by atoms with E-state index in [1.165, 1.54) is 10.9 Å². The van der Waals surface area contributed by atoms with Crippen molar-refractivity contribution in [2.24, 2.45) is 17.8 Å². The number of carboxylic acid groups (broad SMARTS) is 1. The number of nitrogens with one attached hydrogen (secondary N) is 1. The minimum atomic E-state index is -1.59. The molecule has 1 aromatic heterocycles. The van der Waals surface area contributed by atoms with Gasteiger partial charge in [0.25, 0.3) is 0 Å². The van der Waals surface area contributed by atoms with E-state index >= 15 is 0 Å². The smallest absolute Gasteiger partial charge is 0.311 e. The first-order valence-corrected chi connectivity index (χ1v) is 13.2. The number of H-pyrrole nitrogens is 1. The summed E-state index contributed by atoms with van der Waals surface area (Å²) in [5, 5.41) is 51.9. The van der Waals surface area contributed by atoms with Crippen LogP contribution in [-0.4, -0.2) is 110 Å². The lowest BCUT2D eigenvalue weighted by atomic mass is 9.67. The Hall–Kier alpha value is -2.13. The van der Waals surface area contributed by atoms with Gasteiger partial charge in [-0.1, -0.05) is 18.2 Å². The number of nitrogens with zero attached hydrogens (tertiary/aromatic N) is 1. The third kappa shape index (κ3) is 3.60. The van der Waals surface area contributed by atoms with Crippen LogP contribution in [0.25, 0.3) is 10.9 Å². The SMILES string of the molecule is O=C(O)[C@H]1[C@@H]2OC[C@H]3[C@@H]([C@H](O[C@@H]4O[C@H](CO)[C@@H](O)[C@H](O)[C@H]4O)O2)[C@@H]1C[C@@H]1c2[nH]c4ccccc4c2CCN13. The molecule has 206 valence electrons. The molecule has 1 aromatic carbocycles. The van der Waals surface area contributed by atoms with Gasteiger partial charge in [-0.2, -0.15) is 0 Å². The fraction of sp³-hybridized carbons (Fsp3) is 0.654. The topological polar surface area (TPSA) is 174 Å². The zero-order chi connectivity index (χ0) is 26.3. The van der Waals surface area contributed by atoms with Crippen molar-refractivity contribution in [3.63, 3.8) is 0 Å². The van der Waals surface area contributed by atoms with Crippen molar-refractivity contribution in [1.29, 1.82) is 0 Å². The molecule has 0 spiro atoms. The number of fused-ring (bicyclic) bond motifs is 7. The van der Waals surface area contributed by atoms with E-state index in [4.69, 9.17) is 18.9 Å². The summed E-state index contributed by atoms with van der Waals surface area (Å²) in [6.07, 6.45) is -7.89. The van der Waals surface area contributed by atoms with Crippen molar-refractivity contribution in [3.05, 3.63) is 35.5 Å². The number of carbonyl (C=O) groups is 1. The van der Waals surface area contributed by atoms with E-state index in [0.29, 0.717) is 6.42 Å². The molecule has 8 rings (SSSR count). The van der Waals surface area contributed by atoms with E-state index in [0.717, 1.165) is 24.2 Å². The summed E-state index contributed by atoms with van der Waals surface area (Å²) in [5.41, 5.74) is 3.44. The monoisotopic (exact) mass is 532 g/mol. The number of benzene rings is 1. The lowest BCUT2D eigenvalue weighted by molar-refractivity contribution is -0.377. The normalized spacial score (nSPS) is 44.4. The lowest BCUT2D eigenvalue weighted by Crippen LogP contribution is -2.64. The van der Waals surface area contributed by atoms with Crippen molar-refractivity contribution in [2.45, 2.75) is 68.2 Å². The highest BCUT2D eigenvalue weighted by Crippen LogP contribution is 2.54. The molecule has 6 N–H and O–H groups in total. The molecule has 5 saturated heterocycles. The standard InChI is InChI=1S/C26H32N2O10/c29-8-16-20(30)21(31)22(32)26(36-16)38-25-17-12-7-14-19-11(10-3-1-2-4-13(10)27-19)5-6-28(14)15(17)9-35-24(37-25)18(12)23(33)34/h1-4,12,14-18,20-22,24-27,29-32H,5-9H2,(H,33,34)/t12-,14+,15-,16+,17-,18-,20+,21-,22+,24+,25-,26-/m0/s1. The Morgan fingerprint density at radius 1 is 1.11 bits per heavy atom. The number of para-hydroxylation sites is 1. The Morgan fingerprint density at radius 3 is 2.71 bits per heavy atom. The zero-order valence-corrected chi connectivity index (χ0v) is 20.5. The molecule has 6 aliphatic rings. The molecule has 38 heavy (non-hydrogen) atoms. The van der Waals surface area contributed by atoms with Gasteiger partial charge in [0.1, 0.15) is 30.3 Å². The maximum atomic E-state index is 12.5. The number of rotatable bonds is 4. The summed E-state index contributed by atoms with van der Waals surface area (Å²) in [7, 11) is 0. The van der Waals surface area contributed by atoms with Crippen molar-refractivity contribution in [3.8, 4) is 0 Å². The first-order chi connectivity index (χ1) is 18.4. The second-order valence-corrected chi connectivity index (χ2v) is 11.0. The molecule has 4 bridgehead atoms. The second kappa shape index (κ2) is 9.22. The molecular formula is C26H32N2O10. The van der Waals surface area contributed by atoms with Crippen molar-refractivity contribution in [2.75, 3.05) is 19.8 Å². The van der Waals surface area contributed by atoms with E-state index in [2.05, 4.69) is 22.0 Å². The number of hydrogen-bond acceptors (Lipinski definition) is 10. The molecule has 0 amide bonds. The van der Waals surface area contributed by atoms with Gasteiger partial charge in [0.05, 0.1) is 19.3 Å². The van der Waals surface area contributed by atoms with Crippen LogP contribution in [0.5, 0.6) is 0 Å². The van der Waals surface area contributed by atoms with E-state index in [1.807, 2.05) is 12.1 Å². The highest BCUT2D eigenvalue weighted by molar-refractivity contribution is 5.85. The van der Waals surface area contributed by atoms with Gasteiger partial charge in [0.15, 0.2) is 18.9 Å². The van der Waals surface area contributed by atoms with Gasteiger partial charge in [0.2, 0.25) is 0 Å². The second-order valence-electron chi connectivity index (χ2n) is 11.0. The Bertz CT molecular complexity index is 1220. The molecule has 2 aromatic rings. The Labute approximate surface area is 217 Å². The van der Waals surface area contributed by atoms with E-state index in [-0.39, 0.29) is 24.6 Å². The third-order valence-corrected chi connectivity index (χ3v) is 9.23. The van der Waals surface area contributed by atoms with Crippen LogP contribution in [0, 0.1) is 17.8 Å². The summed E-state index contributed by atoms with van der Waals surface area (Å²) >= 11 is 0. The van der Waals surface area contributed by atoms with Gasteiger partial charge >= 0.3 is 5.97 Å². The van der Waals surface area contributed by atoms with E-state index < -0.39 is 67.7 Å². The van der Waals surface area contributed by atoms with E-state index in [9.17, 15) is 30.3 Å². The van der Waals surface area contributed by atoms with Crippen molar-refractivity contribution >= 4 is 16.9 Å².